The van der Waals surface area contributed by atoms with Crippen LogP contribution in [0.15, 0.2) is 29.2 Å². The average molecular weight is 423 g/mol. The molecule has 0 atom stereocenters. The number of imide groups is 1. The topological polar surface area (TPSA) is 81.2 Å². The van der Waals surface area contributed by atoms with Crippen molar-refractivity contribution in [2.45, 2.75) is 44.0 Å². The van der Waals surface area contributed by atoms with E-state index in [9.17, 15) is 18.0 Å². The Labute approximate surface area is 173 Å². The Kier molecular flexibility index (Phi) is 5.77. The van der Waals surface area contributed by atoms with Crippen molar-refractivity contribution < 1.29 is 18.0 Å². The molecule has 2 heterocycles. The molecule has 29 heavy (non-hydrogen) atoms. The van der Waals surface area contributed by atoms with Gasteiger partial charge in [0.15, 0.2) is 0 Å². The van der Waals surface area contributed by atoms with Crippen LogP contribution in [0.3, 0.4) is 0 Å². The summed E-state index contributed by atoms with van der Waals surface area (Å²) in [5, 5.41) is 0. The molecule has 0 aromatic heterocycles. The lowest BCUT2D eigenvalue weighted by molar-refractivity contribution is -0.133. The SMILES string of the molecule is CC(C)c1ccc(S(=O)(=O)N2CCN(CN3C(=O)N(C)C(C)(C)C3=O)CC2)cc1. The van der Waals surface area contributed by atoms with Gasteiger partial charge in [-0.1, -0.05) is 26.0 Å². The van der Waals surface area contributed by atoms with Gasteiger partial charge in [-0.05, 0) is 37.5 Å². The molecule has 3 rings (SSSR count). The van der Waals surface area contributed by atoms with Gasteiger partial charge >= 0.3 is 6.03 Å². The van der Waals surface area contributed by atoms with Crippen LogP contribution in [0.25, 0.3) is 0 Å². The van der Waals surface area contributed by atoms with E-state index in [4.69, 9.17) is 0 Å². The summed E-state index contributed by atoms with van der Waals surface area (Å²) in [6.07, 6.45) is 0. The van der Waals surface area contributed by atoms with Crippen LogP contribution >= 0.6 is 0 Å². The molecule has 160 valence electrons. The predicted octanol–water partition coefficient (Wildman–Crippen LogP) is 1.75. The van der Waals surface area contributed by atoms with E-state index in [2.05, 4.69) is 13.8 Å². The van der Waals surface area contributed by atoms with E-state index < -0.39 is 15.6 Å². The molecule has 2 aliphatic rings. The summed E-state index contributed by atoms with van der Waals surface area (Å²) in [7, 11) is -1.93. The maximum absolute atomic E-state index is 12.9. The lowest BCUT2D eigenvalue weighted by Gasteiger charge is -2.35. The number of amides is 3. The molecule has 1 aromatic rings. The fraction of sp³-hybridized carbons (Fsp3) is 0.600. The first kappa shape index (κ1) is 21.7. The van der Waals surface area contributed by atoms with Gasteiger partial charge in [0.05, 0.1) is 11.6 Å². The van der Waals surface area contributed by atoms with Crippen molar-refractivity contribution in [3.63, 3.8) is 0 Å². The largest absolute Gasteiger partial charge is 0.328 e. The van der Waals surface area contributed by atoms with Crippen LogP contribution in [0.2, 0.25) is 0 Å². The fourth-order valence-corrected chi connectivity index (χ4v) is 5.01. The molecular formula is C20H30N4O4S. The van der Waals surface area contributed by atoms with Gasteiger partial charge in [-0.3, -0.25) is 9.69 Å². The molecule has 3 amide bonds. The fourth-order valence-electron chi connectivity index (χ4n) is 3.59. The maximum Gasteiger partial charge on any atom is 0.328 e. The predicted molar refractivity (Wildman–Crippen MR) is 110 cm³/mol. The van der Waals surface area contributed by atoms with E-state index in [1.807, 2.05) is 17.0 Å². The summed E-state index contributed by atoms with van der Waals surface area (Å²) in [5.41, 5.74) is 0.242. The highest BCUT2D eigenvalue weighted by Gasteiger charge is 2.49. The molecule has 0 unspecified atom stereocenters. The quantitative estimate of drug-likeness (QED) is 0.676. The van der Waals surface area contributed by atoms with Gasteiger partial charge in [-0.2, -0.15) is 4.31 Å². The highest BCUT2D eigenvalue weighted by Crippen LogP contribution is 2.26. The molecule has 9 heteroatoms. The van der Waals surface area contributed by atoms with Crippen LogP contribution in [0.5, 0.6) is 0 Å². The van der Waals surface area contributed by atoms with E-state index in [1.54, 1.807) is 33.0 Å². The van der Waals surface area contributed by atoms with Gasteiger partial charge < -0.3 is 4.90 Å². The normalized spacial score (nSPS) is 21.4. The number of piperazine rings is 1. The van der Waals surface area contributed by atoms with E-state index in [0.717, 1.165) is 5.56 Å². The number of carbonyl (C=O) groups is 2. The van der Waals surface area contributed by atoms with Crippen molar-refractivity contribution in [1.82, 2.24) is 19.0 Å². The van der Waals surface area contributed by atoms with E-state index in [1.165, 1.54) is 14.1 Å². The van der Waals surface area contributed by atoms with Crippen LogP contribution in [-0.4, -0.2) is 84.8 Å². The Morgan fingerprint density at radius 3 is 2.00 bits per heavy atom. The number of hydrogen-bond acceptors (Lipinski definition) is 5. The zero-order valence-corrected chi connectivity index (χ0v) is 18.6. The Bertz CT molecular complexity index is 888. The van der Waals surface area contributed by atoms with Crippen LogP contribution in [0.1, 0.15) is 39.2 Å². The molecule has 2 fully saturated rings. The first-order chi connectivity index (χ1) is 13.5. The average Bonchev–Trinajstić information content (AvgIpc) is 2.83. The molecule has 0 aliphatic carbocycles. The molecule has 1 aromatic carbocycles. The summed E-state index contributed by atoms with van der Waals surface area (Å²) in [6.45, 7) is 9.34. The number of benzene rings is 1. The molecule has 0 bridgehead atoms. The lowest BCUT2D eigenvalue weighted by Crippen LogP contribution is -2.52. The second-order valence-corrected chi connectivity index (χ2v) is 10.5. The maximum atomic E-state index is 12.9. The second kappa shape index (κ2) is 7.70. The van der Waals surface area contributed by atoms with Gasteiger partial charge in [-0.15, -0.1) is 0 Å². The highest BCUT2D eigenvalue weighted by molar-refractivity contribution is 7.89. The first-order valence-corrected chi connectivity index (χ1v) is 11.3. The summed E-state index contributed by atoms with van der Waals surface area (Å²) < 4.78 is 27.3. The third kappa shape index (κ3) is 3.91. The second-order valence-electron chi connectivity index (χ2n) is 8.52. The van der Waals surface area contributed by atoms with Crippen molar-refractivity contribution in [1.29, 1.82) is 0 Å². The zero-order chi connectivity index (χ0) is 21.6. The van der Waals surface area contributed by atoms with E-state index in [0.29, 0.717) is 37.0 Å². The Balaban J connectivity index is 1.63. The number of sulfonamides is 1. The number of hydrogen-bond donors (Lipinski definition) is 0. The highest BCUT2D eigenvalue weighted by atomic mass is 32.2. The Morgan fingerprint density at radius 2 is 1.55 bits per heavy atom. The van der Waals surface area contributed by atoms with Crippen molar-refractivity contribution in [3.05, 3.63) is 29.8 Å². The van der Waals surface area contributed by atoms with Crippen LogP contribution in [-0.2, 0) is 14.8 Å². The molecule has 0 radical (unpaired) electrons. The summed E-state index contributed by atoms with van der Waals surface area (Å²) in [6, 6.07) is 6.72. The minimum atomic E-state index is -3.55. The van der Waals surface area contributed by atoms with Gasteiger partial charge in [-0.25, -0.2) is 18.1 Å². The molecular weight excluding hydrogens is 392 g/mol. The number of nitrogens with zero attached hydrogens (tertiary/aromatic N) is 4. The summed E-state index contributed by atoms with van der Waals surface area (Å²) >= 11 is 0. The third-order valence-corrected chi connectivity index (χ3v) is 7.89. The third-order valence-electron chi connectivity index (χ3n) is 5.98. The van der Waals surface area contributed by atoms with E-state index in [-0.39, 0.29) is 18.6 Å². The van der Waals surface area contributed by atoms with Gasteiger partial charge in [0.25, 0.3) is 5.91 Å². The minimum Gasteiger partial charge on any atom is -0.313 e. The Hall–Kier alpha value is -1.97. The molecule has 0 N–H and O–H groups in total. The van der Waals surface area contributed by atoms with Gasteiger partial charge in [0.2, 0.25) is 10.0 Å². The lowest BCUT2D eigenvalue weighted by atomic mass is 10.0. The number of carbonyl (C=O) groups excluding carboxylic acids is 2. The van der Waals surface area contributed by atoms with Gasteiger partial charge in [0, 0.05) is 33.2 Å². The van der Waals surface area contributed by atoms with Crippen LogP contribution in [0, 0.1) is 0 Å². The molecule has 8 nitrogen and oxygen atoms in total. The minimum absolute atomic E-state index is 0.183. The van der Waals surface area contributed by atoms with E-state index >= 15 is 0 Å². The summed E-state index contributed by atoms with van der Waals surface area (Å²) in [4.78, 5) is 29.8. The standard InChI is InChI=1S/C20H30N4O4S/c1-15(2)16-6-8-17(9-7-16)29(27,28)23-12-10-22(11-13-23)14-24-18(25)20(3,4)21(5)19(24)26/h6-9,15H,10-14H2,1-5H3. The molecule has 0 saturated carbocycles. The summed E-state index contributed by atoms with van der Waals surface area (Å²) in [5.74, 6) is 0.112. The van der Waals surface area contributed by atoms with Crippen molar-refractivity contribution in [2.75, 3.05) is 39.9 Å². The Morgan fingerprint density at radius 1 is 1.00 bits per heavy atom. The van der Waals surface area contributed by atoms with Crippen molar-refractivity contribution in [3.8, 4) is 0 Å². The van der Waals surface area contributed by atoms with Crippen molar-refractivity contribution in [2.24, 2.45) is 0 Å². The van der Waals surface area contributed by atoms with Gasteiger partial charge in [0.1, 0.15) is 5.54 Å². The smallest absolute Gasteiger partial charge is 0.313 e. The number of likely N-dealkylation sites (N-methyl/N-ethyl adjacent to an activating group) is 1. The zero-order valence-electron chi connectivity index (χ0n) is 17.8. The van der Waals surface area contributed by atoms with Crippen LogP contribution in [0.4, 0.5) is 4.79 Å². The molecule has 2 saturated heterocycles. The van der Waals surface area contributed by atoms with Crippen molar-refractivity contribution >= 4 is 22.0 Å². The molecule has 2 aliphatic heterocycles. The van der Waals surface area contributed by atoms with Crippen LogP contribution < -0.4 is 0 Å². The molecule has 0 spiro atoms. The number of urea groups is 1. The first-order valence-electron chi connectivity index (χ1n) is 9.88. The number of rotatable bonds is 5. The monoisotopic (exact) mass is 422 g/mol.